The van der Waals surface area contributed by atoms with Crippen LogP contribution in [0.3, 0.4) is 0 Å². The molecule has 0 saturated carbocycles. The number of H-pyrrole nitrogens is 1. The second-order valence-corrected chi connectivity index (χ2v) is 7.70. The van der Waals surface area contributed by atoms with Crippen LogP contribution < -0.4 is 10.0 Å². The van der Waals surface area contributed by atoms with E-state index in [9.17, 15) is 17.6 Å². The van der Waals surface area contributed by atoms with Crippen molar-refractivity contribution >= 4 is 27.0 Å². The molecule has 0 fully saturated rings. The van der Waals surface area contributed by atoms with Crippen LogP contribution in [0.15, 0.2) is 53.4 Å². The van der Waals surface area contributed by atoms with Gasteiger partial charge in [-0.2, -0.15) is 4.72 Å². The van der Waals surface area contributed by atoms with Gasteiger partial charge in [0, 0.05) is 13.0 Å². The zero-order valence-corrected chi connectivity index (χ0v) is 15.4. The Morgan fingerprint density at radius 1 is 1.19 bits per heavy atom. The number of sulfonamides is 1. The molecular weight excluding hydrogens is 371 g/mol. The van der Waals surface area contributed by atoms with Crippen LogP contribution in [-0.4, -0.2) is 36.9 Å². The fraction of sp³-hybridized carbons (Fsp3) is 0.222. The maximum Gasteiger partial charge on any atom is 0.244 e. The molecular formula is C18H19FN4O3S. The lowest BCUT2D eigenvalue weighted by molar-refractivity contribution is -0.122. The number of hydrogen-bond donors (Lipinski definition) is 3. The summed E-state index contributed by atoms with van der Waals surface area (Å²) < 4.78 is 40.3. The zero-order valence-electron chi connectivity index (χ0n) is 14.6. The van der Waals surface area contributed by atoms with E-state index in [2.05, 4.69) is 20.0 Å². The molecule has 0 radical (unpaired) electrons. The standard InChI is InChI=1S/C18H19FN4O3S/c1-12(23-27(25,26)16-9-5-2-6-13(16)19)18(24)20-11-10-17-21-14-7-3-4-8-15(14)22-17/h2-9,12,23H,10-11H2,1H3,(H,20,24)(H,21,22)/t12-/m0/s1. The molecule has 0 bridgehead atoms. The Morgan fingerprint density at radius 3 is 2.63 bits per heavy atom. The fourth-order valence-electron chi connectivity index (χ4n) is 2.59. The average molecular weight is 390 g/mol. The van der Waals surface area contributed by atoms with E-state index in [1.165, 1.54) is 19.1 Å². The van der Waals surface area contributed by atoms with Crippen LogP contribution in [0, 0.1) is 5.82 Å². The molecule has 9 heteroatoms. The van der Waals surface area contributed by atoms with E-state index in [4.69, 9.17) is 0 Å². The maximum absolute atomic E-state index is 13.7. The highest BCUT2D eigenvalue weighted by Crippen LogP contribution is 2.13. The Labute approximate surface area is 156 Å². The second-order valence-electron chi connectivity index (χ2n) is 6.02. The van der Waals surface area contributed by atoms with Crippen LogP contribution in [0.25, 0.3) is 11.0 Å². The van der Waals surface area contributed by atoms with Gasteiger partial charge < -0.3 is 10.3 Å². The van der Waals surface area contributed by atoms with Gasteiger partial charge in [0.05, 0.1) is 17.1 Å². The first-order valence-electron chi connectivity index (χ1n) is 8.35. The topological polar surface area (TPSA) is 104 Å². The zero-order chi connectivity index (χ0) is 19.4. The van der Waals surface area contributed by atoms with E-state index in [-0.39, 0.29) is 6.54 Å². The Balaban J connectivity index is 1.55. The van der Waals surface area contributed by atoms with E-state index in [1.54, 1.807) is 0 Å². The summed E-state index contributed by atoms with van der Waals surface area (Å²) in [6, 6.07) is 11.5. The summed E-state index contributed by atoms with van der Waals surface area (Å²) in [7, 11) is -4.13. The Bertz CT molecular complexity index is 1030. The molecule has 1 aromatic heterocycles. The van der Waals surface area contributed by atoms with Crippen molar-refractivity contribution in [1.82, 2.24) is 20.0 Å². The molecule has 0 aliphatic carbocycles. The first-order chi connectivity index (χ1) is 12.9. The van der Waals surface area contributed by atoms with Gasteiger partial charge in [-0.15, -0.1) is 0 Å². The summed E-state index contributed by atoms with van der Waals surface area (Å²) in [6.45, 7) is 1.68. The lowest BCUT2D eigenvalue weighted by Crippen LogP contribution is -2.45. The molecule has 0 saturated heterocycles. The summed E-state index contributed by atoms with van der Waals surface area (Å²) in [5.41, 5.74) is 1.75. The minimum atomic E-state index is -4.13. The van der Waals surface area contributed by atoms with Crippen molar-refractivity contribution in [3.05, 3.63) is 60.2 Å². The number of rotatable bonds is 7. The van der Waals surface area contributed by atoms with Crippen molar-refractivity contribution in [2.45, 2.75) is 24.3 Å². The van der Waals surface area contributed by atoms with Crippen LogP contribution in [0.1, 0.15) is 12.7 Å². The van der Waals surface area contributed by atoms with Crippen molar-refractivity contribution in [3.8, 4) is 0 Å². The number of benzene rings is 2. The van der Waals surface area contributed by atoms with Crippen LogP contribution in [-0.2, 0) is 21.2 Å². The third-order valence-electron chi connectivity index (χ3n) is 3.95. The number of para-hydroxylation sites is 2. The number of hydrogen-bond acceptors (Lipinski definition) is 4. The molecule has 0 unspecified atom stereocenters. The lowest BCUT2D eigenvalue weighted by Gasteiger charge is -2.14. The highest BCUT2D eigenvalue weighted by molar-refractivity contribution is 7.89. The smallest absolute Gasteiger partial charge is 0.244 e. The molecule has 2 aromatic carbocycles. The van der Waals surface area contributed by atoms with Gasteiger partial charge in [0.2, 0.25) is 15.9 Å². The number of carbonyl (C=O) groups is 1. The normalized spacial score (nSPS) is 12.8. The van der Waals surface area contributed by atoms with E-state index in [0.29, 0.717) is 6.42 Å². The average Bonchev–Trinajstić information content (AvgIpc) is 3.04. The second kappa shape index (κ2) is 7.85. The monoisotopic (exact) mass is 390 g/mol. The summed E-state index contributed by atoms with van der Waals surface area (Å²) >= 11 is 0. The van der Waals surface area contributed by atoms with Crippen molar-refractivity contribution in [3.63, 3.8) is 0 Å². The van der Waals surface area contributed by atoms with Crippen LogP contribution in [0.5, 0.6) is 0 Å². The largest absolute Gasteiger partial charge is 0.354 e. The minimum absolute atomic E-state index is 0.282. The number of carbonyl (C=O) groups excluding carboxylic acids is 1. The van der Waals surface area contributed by atoms with Crippen molar-refractivity contribution in [1.29, 1.82) is 0 Å². The van der Waals surface area contributed by atoms with Crippen LogP contribution in [0.4, 0.5) is 4.39 Å². The maximum atomic E-state index is 13.7. The number of fused-ring (bicyclic) bond motifs is 1. The first kappa shape index (κ1) is 19.0. The molecule has 3 rings (SSSR count). The Kier molecular flexibility index (Phi) is 5.52. The van der Waals surface area contributed by atoms with Gasteiger partial charge in [-0.1, -0.05) is 24.3 Å². The van der Waals surface area contributed by atoms with Gasteiger partial charge in [0.1, 0.15) is 16.5 Å². The quantitative estimate of drug-likeness (QED) is 0.571. The highest BCUT2D eigenvalue weighted by Gasteiger charge is 2.24. The third kappa shape index (κ3) is 4.50. The SMILES string of the molecule is C[C@H](NS(=O)(=O)c1ccccc1F)C(=O)NCCc1nc2ccccc2[nH]1. The molecule has 1 amide bonds. The van der Waals surface area contributed by atoms with E-state index >= 15 is 0 Å². The Hall–Kier alpha value is -2.78. The van der Waals surface area contributed by atoms with Gasteiger partial charge in [-0.05, 0) is 31.2 Å². The summed E-state index contributed by atoms with van der Waals surface area (Å²) in [6.07, 6.45) is 0.465. The van der Waals surface area contributed by atoms with Gasteiger partial charge in [-0.25, -0.2) is 17.8 Å². The molecule has 0 aliphatic heterocycles. The van der Waals surface area contributed by atoms with E-state index in [0.717, 1.165) is 29.0 Å². The van der Waals surface area contributed by atoms with E-state index < -0.39 is 32.7 Å². The summed E-state index contributed by atoms with van der Waals surface area (Å²) in [5, 5.41) is 2.64. The molecule has 3 aromatic rings. The molecule has 7 nitrogen and oxygen atoms in total. The number of imidazole rings is 1. The molecule has 1 atom stereocenters. The number of halogens is 1. The highest BCUT2D eigenvalue weighted by atomic mass is 32.2. The van der Waals surface area contributed by atoms with Gasteiger partial charge in [0.15, 0.2) is 0 Å². The molecule has 0 aliphatic rings. The molecule has 3 N–H and O–H groups in total. The molecule has 1 heterocycles. The molecule has 27 heavy (non-hydrogen) atoms. The van der Waals surface area contributed by atoms with E-state index in [1.807, 2.05) is 24.3 Å². The van der Waals surface area contributed by atoms with Crippen molar-refractivity contribution in [2.75, 3.05) is 6.54 Å². The predicted octanol–water partition coefficient (Wildman–Crippen LogP) is 1.73. The van der Waals surface area contributed by atoms with Crippen molar-refractivity contribution in [2.24, 2.45) is 0 Å². The van der Waals surface area contributed by atoms with Gasteiger partial charge in [0.25, 0.3) is 0 Å². The number of nitrogens with zero attached hydrogens (tertiary/aromatic N) is 1. The van der Waals surface area contributed by atoms with Gasteiger partial charge >= 0.3 is 0 Å². The predicted molar refractivity (Wildman–Crippen MR) is 99.0 cm³/mol. The minimum Gasteiger partial charge on any atom is -0.354 e. The first-order valence-corrected chi connectivity index (χ1v) is 9.83. The van der Waals surface area contributed by atoms with Crippen LogP contribution in [0.2, 0.25) is 0 Å². The molecule has 142 valence electrons. The Morgan fingerprint density at radius 2 is 1.89 bits per heavy atom. The number of amides is 1. The van der Waals surface area contributed by atoms with Crippen LogP contribution >= 0.6 is 0 Å². The lowest BCUT2D eigenvalue weighted by atomic mass is 10.3. The van der Waals surface area contributed by atoms with Crippen molar-refractivity contribution < 1.29 is 17.6 Å². The summed E-state index contributed by atoms with van der Waals surface area (Å²) in [5.74, 6) is -0.662. The molecule has 0 spiro atoms. The number of nitrogens with one attached hydrogen (secondary N) is 3. The fourth-order valence-corrected chi connectivity index (χ4v) is 3.88. The number of aromatic amines is 1. The number of aromatic nitrogens is 2. The summed E-state index contributed by atoms with van der Waals surface area (Å²) in [4.78, 5) is 19.2. The van der Waals surface area contributed by atoms with Gasteiger partial charge in [-0.3, -0.25) is 4.79 Å². The third-order valence-corrected chi connectivity index (χ3v) is 5.52.